The third-order valence-electron chi connectivity index (χ3n) is 6.76. The van der Waals surface area contributed by atoms with Crippen LogP contribution in [0.4, 0.5) is 0 Å². The fourth-order valence-electron chi connectivity index (χ4n) is 5.30. The first-order valence-corrected chi connectivity index (χ1v) is 12.6. The molecule has 1 aliphatic rings. The molecule has 0 amide bonds. The van der Waals surface area contributed by atoms with Gasteiger partial charge in [-0.25, -0.2) is 0 Å². The van der Waals surface area contributed by atoms with Crippen LogP contribution in [-0.4, -0.2) is 74.9 Å². The number of aryl methyl sites for hydroxylation is 6. The van der Waals surface area contributed by atoms with E-state index < -0.39 is 12.2 Å². The largest absolute Gasteiger partial charge is 0.490 e. The van der Waals surface area contributed by atoms with Crippen molar-refractivity contribution in [2.75, 3.05) is 52.5 Å². The normalized spacial score (nSPS) is 20.1. The van der Waals surface area contributed by atoms with Gasteiger partial charge in [0.15, 0.2) is 0 Å². The number of aliphatic hydroxyl groups is 2. The molecule has 0 saturated carbocycles. The molecule has 4 N–H and O–H groups in total. The van der Waals surface area contributed by atoms with Gasteiger partial charge in [0.05, 0.1) is 0 Å². The summed E-state index contributed by atoms with van der Waals surface area (Å²) in [6, 6.07) is 8.46. The van der Waals surface area contributed by atoms with Crippen molar-refractivity contribution in [1.82, 2.24) is 0 Å². The molecule has 3 rings (SSSR count). The van der Waals surface area contributed by atoms with E-state index in [1.807, 2.05) is 0 Å². The Morgan fingerprint density at radius 2 is 0.912 bits per heavy atom. The predicted octanol–water partition coefficient (Wildman–Crippen LogP) is 0.500. The van der Waals surface area contributed by atoms with E-state index in [2.05, 4.69) is 65.8 Å². The van der Waals surface area contributed by atoms with Gasteiger partial charge in [-0.1, -0.05) is 35.4 Å². The first-order chi connectivity index (χ1) is 16.1. The van der Waals surface area contributed by atoms with Crippen molar-refractivity contribution in [2.24, 2.45) is 0 Å². The van der Waals surface area contributed by atoms with Gasteiger partial charge in [0.25, 0.3) is 0 Å². The number of hydrogen-bond acceptors (Lipinski definition) is 4. The molecule has 6 heteroatoms. The highest BCUT2D eigenvalue weighted by Crippen LogP contribution is 2.25. The summed E-state index contributed by atoms with van der Waals surface area (Å²) in [7, 11) is 0. The minimum atomic E-state index is -0.489. The van der Waals surface area contributed by atoms with Gasteiger partial charge < -0.3 is 29.5 Å². The van der Waals surface area contributed by atoms with Crippen LogP contribution in [0, 0.1) is 41.5 Å². The van der Waals surface area contributed by atoms with Crippen LogP contribution in [0.25, 0.3) is 0 Å². The zero-order valence-electron chi connectivity index (χ0n) is 21.8. The number of nitrogens with one attached hydrogen (secondary N) is 2. The molecule has 0 aromatic heterocycles. The Labute approximate surface area is 205 Å². The second kappa shape index (κ2) is 12.0. The molecule has 1 saturated heterocycles. The molecule has 1 aliphatic heterocycles. The van der Waals surface area contributed by atoms with E-state index in [-0.39, 0.29) is 0 Å². The molecular weight excluding hydrogens is 428 g/mol. The fraction of sp³-hybridized carbons (Fsp3) is 0.571. The number of aliphatic hydroxyl groups excluding tert-OH is 2. The molecule has 34 heavy (non-hydrogen) atoms. The minimum Gasteiger partial charge on any atom is -0.490 e. The lowest BCUT2D eigenvalue weighted by atomic mass is 10.1. The summed E-state index contributed by atoms with van der Waals surface area (Å²) in [4.78, 5) is 2.79. The maximum absolute atomic E-state index is 10.5. The van der Waals surface area contributed by atoms with Crippen LogP contribution in [0.5, 0.6) is 11.5 Å². The lowest BCUT2D eigenvalue weighted by Gasteiger charge is -2.31. The molecule has 0 aliphatic carbocycles. The number of rotatable bonds is 10. The van der Waals surface area contributed by atoms with Gasteiger partial charge in [-0.2, -0.15) is 0 Å². The van der Waals surface area contributed by atoms with Crippen molar-refractivity contribution < 1.29 is 29.5 Å². The summed E-state index contributed by atoms with van der Waals surface area (Å²) in [5, 5.41) is 21.1. The number of ether oxygens (including phenoxy) is 2. The average Bonchev–Trinajstić information content (AvgIpc) is 2.73. The summed E-state index contributed by atoms with van der Waals surface area (Å²) in [5.74, 6) is 1.78. The average molecular weight is 473 g/mol. The molecule has 0 spiro atoms. The van der Waals surface area contributed by atoms with Gasteiger partial charge in [0, 0.05) is 0 Å². The molecular formula is C28H44N2O4+2. The standard InChI is InChI=1S/C28H42N2O4/c1-19-11-21(3)27(22(4)12-19)33-17-25(31)15-29-7-9-30(10-8-29)16-26(32)18-34-28-23(5)13-20(2)14-24(28)6/h11-14,25-26,31-32H,7-10,15-18H2,1-6H3/p+2/t25-,26-/m0/s1. The molecule has 1 fully saturated rings. The SMILES string of the molecule is Cc1cc(C)c(OC[C@@H](O)C[NH+]2CC[NH+](C[C@H](O)COc3c(C)cc(C)cc3C)CC2)c(C)c1. The molecule has 2 aromatic rings. The topological polar surface area (TPSA) is 67.8 Å². The van der Waals surface area contributed by atoms with E-state index in [4.69, 9.17) is 9.47 Å². The third-order valence-corrected chi connectivity index (χ3v) is 6.76. The van der Waals surface area contributed by atoms with Crippen LogP contribution in [-0.2, 0) is 0 Å². The number of hydrogen-bond donors (Lipinski definition) is 4. The molecule has 0 bridgehead atoms. The van der Waals surface area contributed by atoms with E-state index in [1.165, 1.54) is 20.9 Å². The van der Waals surface area contributed by atoms with Crippen LogP contribution < -0.4 is 19.3 Å². The van der Waals surface area contributed by atoms with Gasteiger partial charge in [0.1, 0.15) is 76.2 Å². The number of quaternary nitrogens is 2. The molecule has 1 heterocycles. The van der Waals surface area contributed by atoms with Gasteiger partial charge in [0.2, 0.25) is 0 Å². The first kappa shape index (κ1) is 26.5. The van der Waals surface area contributed by atoms with Gasteiger partial charge in [-0.3, -0.25) is 0 Å². The monoisotopic (exact) mass is 472 g/mol. The van der Waals surface area contributed by atoms with Crippen LogP contribution >= 0.6 is 0 Å². The van der Waals surface area contributed by atoms with Crippen molar-refractivity contribution in [1.29, 1.82) is 0 Å². The Morgan fingerprint density at radius 3 is 1.21 bits per heavy atom. The molecule has 0 unspecified atom stereocenters. The molecule has 6 nitrogen and oxygen atoms in total. The van der Waals surface area contributed by atoms with Gasteiger partial charge >= 0.3 is 0 Å². The van der Waals surface area contributed by atoms with Crippen LogP contribution in [0.3, 0.4) is 0 Å². The Kier molecular flexibility index (Phi) is 9.37. The van der Waals surface area contributed by atoms with Gasteiger partial charge in [-0.05, 0) is 63.8 Å². The Bertz CT molecular complexity index is 830. The second-order valence-electron chi connectivity index (χ2n) is 10.3. The summed E-state index contributed by atoms with van der Waals surface area (Å²) in [6.45, 7) is 18.3. The molecule has 0 radical (unpaired) electrons. The number of benzene rings is 2. The van der Waals surface area contributed by atoms with Crippen molar-refractivity contribution in [3.05, 3.63) is 57.6 Å². The maximum atomic E-state index is 10.5. The van der Waals surface area contributed by atoms with Crippen LogP contribution in [0.2, 0.25) is 0 Å². The fourth-order valence-corrected chi connectivity index (χ4v) is 5.30. The third kappa shape index (κ3) is 7.44. The highest BCUT2D eigenvalue weighted by Gasteiger charge is 2.27. The van der Waals surface area contributed by atoms with Gasteiger partial charge in [-0.15, -0.1) is 0 Å². The zero-order chi connectivity index (χ0) is 24.8. The molecule has 2 aromatic carbocycles. The first-order valence-electron chi connectivity index (χ1n) is 12.6. The Morgan fingerprint density at radius 1 is 0.618 bits per heavy atom. The van der Waals surface area contributed by atoms with E-state index in [1.54, 1.807) is 0 Å². The lowest BCUT2D eigenvalue weighted by Crippen LogP contribution is -3.29. The Hall–Kier alpha value is -2.12. The maximum Gasteiger partial charge on any atom is 0.137 e. The van der Waals surface area contributed by atoms with Crippen molar-refractivity contribution in [3.63, 3.8) is 0 Å². The van der Waals surface area contributed by atoms with E-state index in [0.717, 1.165) is 59.9 Å². The van der Waals surface area contributed by atoms with Crippen molar-refractivity contribution in [2.45, 2.75) is 53.8 Å². The van der Waals surface area contributed by atoms with E-state index in [9.17, 15) is 10.2 Å². The minimum absolute atomic E-state index is 0.318. The summed E-state index contributed by atoms with van der Waals surface area (Å²) in [6.07, 6.45) is -0.978. The number of piperazine rings is 1. The second-order valence-corrected chi connectivity index (χ2v) is 10.3. The lowest BCUT2D eigenvalue weighted by molar-refractivity contribution is -1.01. The molecule has 2 atom stereocenters. The van der Waals surface area contributed by atoms with E-state index >= 15 is 0 Å². The predicted molar refractivity (Wildman–Crippen MR) is 135 cm³/mol. The van der Waals surface area contributed by atoms with Crippen LogP contribution in [0.1, 0.15) is 33.4 Å². The highest BCUT2D eigenvalue weighted by atomic mass is 16.5. The summed E-state index contributed by atoms with van der Waals surface area (Å²) in [5.41, 5.74) is 6.91. The zero-order valence-corrected chi connectivity index (χ0v) is 21.8. The van der Waals surface area contributed by atoms with Crippen molar-refractivity contribution >= 4 is 0 Å². The summed E-state index contributed by atoms with van der Waals surface area (Å²) >= 11 is 0. The highest BCUT2D eigenvalue weighted by molar-refractivity contribution is 5.43. The molecule has 188 valence electrons. The van der Waals surface area contributed by atoms with Crippen LogP contribution in [0.15, 0.2) is 24.3 Å². The van der Waals surface area contributed by atoms with E-state index in [0.29, 0.717) is 26.3 Å². The smallest absolute Gasteiger partial charge is 0.137 e. The quantitative estimate of drug-likeness (QED) is 0.407. The Balaban J connectivity index is 1.37. The van der Waals surface area contributed by atoms with Crippen molar-refractivity contribution in [3.8, 4) is 11.5 Å². The summed E-state index contributed by atoms with van der Waals surface area (Å²) < 4.78 is 11.9.